The fraction of sp³-hybridized carbons (Fsp3) is 0.500. The second-order valence-corrected chi connectivity index (χ2v) is 5.29. The van der Waals surface area contributed by atoms with Crippen LogP contribution in [0.4, 0.5) is 0 Å². The van der Waals surface area contributed by atoms with E-state index >= 15 is 0 Å². The molecule has 90 valence electrons. The smallest absolute Gasteiger partial charge is 0.0459 e. The van der Waals surface area contributed by atoms with Crippen LogP contribution in [0.2, 0.25) is 0 Å². The minimum Gasteiger partial charge on any atom is -0.358 e. The lowest BCUT2D eigenvalue weighted by Crippen LogP contribution is -1.98. The molecule has 1 atom stereocenters. The Bertz CT molecular complexity index is 509. The maximum absolute atomic E-state index is 3.64. The number of rotatable bonds is 2. The Balaban J connectivity index is 2.15. The lowest BCUT2D eigenvalue weighted by atomic mass is 9.90. The summed E-state index contributed by atoms with van der Waals surface area (Å²) in [4.78, 5) is 3.64. The summed E-state index contributed by atoms with van der Waals surface area (Å²) in [6, 6.07) is 8.81. The van der Waals surface area contributed by atoms with Crippen molar-refractivity contribution in [2.45, 2.75) is 51.4 Å². The van der Waals surface area contributed by atoms with Gasteiger partial charge in [0, 0.05) is 16.6 Å². The number of aromatic amines is 1. The molecule has 0 amide bonds. The molecule has 1 heteroatoms. The largest absolute Gasteiger partial charge is 0.358 e. The summed E-state index contributed by atoms with van der Waals surface area (Å²) >= 11 is 0. The normalized spacial score (nSPS) is 20.2. The van der Waals surface area contributed by atoms with Crippen LogP contribution in [0.3, 0.4) is 0 Å². The number of H-pyrrole nitrogens is 1. The highest BCUT2D eigenvalue weighted by atomic mass is 14.7. The first kappa shape index (κ1) is 10.9. The van der Waals surface area contributed by atoms with Crippen LogP contribution in [0.1, 0.15) is 56.2 Å². The van der Waals surface area contributed by atoms with Crippen LogP contribution in [0.25, 0.3) is 10.9 Å². The molecular formula is C16H21N. The highest BCUT2D eigenvalue weighted by Gasteiger charge is 2.22. The third kappa shape index (κ3) is 1.88. The van der Waals surface area contributed by atoms with Gasteiger partial charge in [-0.3, -0.25) is 0 Å². The predicted octanol–water partition coefficient (Wildman–Crippen LogP) is 4.78. The van der Waals surface area contributed by atoms with E-state index in [-0.39, 0.29) is 0 Å². The van der Waals surface area contributed by atoms with Gasteiger partial charge in [-0.05, 0) is 43.2 Å². The van der Waals surface area contributed by atoms with Gasteiger partial charge in [-0.15, -0.1) is 0 Å². The van der Waals surface area contributed by atoms with Crippen molar-refractivity contribution in [2.24, 2.45) is 0 Å². The Morgan fingerprint density at radius 3 is 3.00 bits per heavy atom. The number of aryl methyl sites for hydroxylation is 1. The van der Waals surface area contributed by atoms with Gasteiger partial charge >= 0.3 is 0 Å². The van der Waals surface area contributed by atoms with Gasteiger partial charge in [0.2, 0.25) is 0 Å². The third-order valence-corrected chi connectivity index (χ3v) is 4.10. The zero-order valence-corrected chi connectivity index (χ0v) is 10.6. The Morgan fingerprint density at radius 2 is 2.12 bits per heavy atom. The minimum atomic E-state index is 0.786. The van der Waals surface area contributed by atoms with E-state index in [1.165, 1.54) is 55.1 Å². The molecule has 1 N–H and O–H groups in total. The Morgan fingerprint density at radius 1 is 1.24 bits per heavy atom. The first-order valence-corrected chi connectivity index (χ1v) is 6.99. The highest BCUT2D eigenvalue weighted by molar-refractivity contribution is 5.85. The second-order valence-electron chi connectivity index (χ2n) is 5.29. The molecular weight excluding hydrogens is 206 g/mol. The highest BCUT2D eigenvalue weighted by Crippen LogP contribution is 2.38. The molecule has 1 aromatic carbocycles. The second kappa shape index (κ2) is 4.56. The summed E-state index contributed by atoms with van der Waals surface area (Å²) in [6.45, 7) is 2.30. The molecule has 0 saturated heterocycles. The molecule has 0 saturated carbocycles. The van der Waals surface area contributed by atoms with Crippen molar-refractivity contribution in [3.8, 4) is 0 Å². The van der Waals surface area contributed by atoms with Gasteiger partial charge in [0.15, 0.2) is 0 Å². The Kier molecular flexibility index (Phi) is 2.92. The number of fused-ring (bicyclic) bond motifs is 3. The van der Waals surface area contributed by atoms with Crippen molar-refractivity contribution >= 4 is 10.9 Å². The van der Waals surface area contributed by atoms with Gasteiger partial charge in [-0.25, -0.2) is 0 Å². The molecule has 1 unspecified atom stereocenters. The SMILES string of the molecule is CCCC1CCCCc2[nH]c3ccccc3c21. The summed E-state index contributed by atoms with van der Waals surface area (Å²) in [7, 11) is 0. The Labute approximate surface area is 103 Å². The molecule has 1 aliphatic carbocycles. The minimum absolute atomic E-state index is 0.786. The molecule has 3 rings (SSSR count). The lowest BCUT2D eigenvalue weighted by molar-refractivity contribution is 0.554. The lowest BCUT2D eigenvalue weighted by Gasteiger charge is -2.14. The number of para-hydroxylation sites is 1. The number of aromatic nitrogens is 1. The number of hydrogen-bond donors (Lipinski definition) is 1. The van der Waals surface area contributed by atoms with Crippen molar-refractivity contribution in [3.63, 3.8) is 0 Å². The van der Waals surface area contributed by atoms with E-state index in [9.17, 15) is 0 Å². The molecule has 0 aliphatic heterocycles. The predicted molar refractivity (Wildman–Crippen MR) is 73.5 cm³/mol. The van der Waals surface area contributed by atoms with Crippen LogP contribution in [-0.2, 0) is 6.42 Å². The quantitative estimate of drug-likeness (QED) is 0.711. The van der Waals surface area contributed by atoms with E-state index < -0.39 is 0 Å². The van der Waals surface area contributed by atoms with Crippen LogP contribution in [0.15, 0.2) is 24.3 Å². The molecule has 0 spiro atoms. The maximum atomic E-state index is 3.64. The van der Waals surface area contributed by atoms with Crippen molar-refractivity contribution in [1.29, 1.82) is 0 Å². The average Bonchev–Trinajstić information content (AvgIpc) is 2.60. The molecule has 0 bridgehead atoms. The van der Waals surface area contributed by atoms with E-state index in [1.54, 1.807) is 5.56 Å². The average molecular weight is 227 g/mol. The first-order valence-electron chi connectivity index (χ1n) is 6.99. The summed E-state index contributed by atoms with van der Waals surface area (Å²) in [5, 5.41) is 1.47. The van der Waals surface area contributed by atoms with Gasteiger partial charge in [-0.2, -0.15) is 0 Å². The zero-order valence-electron chi connectivity index (χ0n) is 10.6. The maximum Gasteiger partial charge on any atom is 0.0459 e. The summed E-state index contributed by atoms with van der Waals surface area (Å²) in [5.74, 6) is 0.786. The van der Waals surface area contributed by atoms with Crippen molar-refractivity contribution < 1.29 is 0 Å². The van der Waals surface area contributed by atoms with Gasteiger partial charge in [0.05, 0.1) is 0 Å². The zero-order chi connectivity index (χ0) is 11.7. The van der Waals surface area contributed by atoms with Crippen LogP contribution < -0.4 is 0 Å². The fourth-order valence-corrected chi connectivity index (χ4v) is 3.36. The summed E-state index contributed by atoms with van der Waals surface area (Å²) in [6.07, 6.45) is 7.99. The molecule has 1 nitrogen and oxygen atoms in total. The van der Waals surface area contributed by atoms with Crippen LogP contribution >= 0.6 is 0 Å². The van der Waals surface area contributed by atoms with Gasteiger partial charge < -0.3 is 4.98 Å². The van der Waals surface area contributed by atoms with E-state index in [1.807, 2.05) is 0 Å². The molecule has 17 heavy (non-hydrogen) atoms. The van der Waals surface area contributed by atoms with E-state index in [0.29, 0.717) is 0 Å². The topological polar surface area (TPSA) is 15.8 Å². The van der Waals surface area contributed by atoms with Crippen LogP contribution in [0.5, 0.6) is 0 Å². The summed E-state index contributed by atoms with van der Waals surface area (Å²) in [5.41, 5.74) is 4.49. The molecule has 0 radical (unpaired) electrons. The van der Waals surface area contributed by atoms with Crippen LogP contribution in [0, 0.1) is 0 Å². The van der Waals surface area contributed by atoms with E-state index in [4.69, 9.17) is 0 Å². The molecule has 1 aliphatic rings. The van der Waals surface area contributed by atoms with Crippen LogP contribution in [-0.4, -0.2) is 4.98 Å². The summed E-state index contributed by atoms with van der Waals surface area (Å²) < 4.78 is 0. The standard InChI is InChI=1S/C16H21N/c1-2-7-12-8-3-5-11-15-16(12)13-9-4-6-10-14(13)17-15/h4,6,9-10,12,17H,2-3,5,7-8,11H2,1H3. The van der Waals surface area contributed by atoms with E-state index in [2.05, 4.69) is 36.2 Å². The van der Waals surface area contributed by atoms with Crippen molar-refractivity contribution in [3.05, 3.63) is 35.5 Å². The van der Waals surface area contributed by atoms with Crippen molar-refractivity contribution in [1.82, 2.24) is 4.98 Å². The number of benzene rings is 1. The van der Waals surface area contributed by atoms with Crippen molar-refractivity contribution in [2.75, 3.05) is 0 Å². The fourth-order valence-electron chi connectivity index (χ4n) is 3.36. The number of nitrogens with one attached hydrogen (secondary N) is 1. The van der Waals surface area contributed by atoms with Gasteiger partial charge in [0.25, 0.3) is 0 Å². The number of hydrogen-bond acceptors (Lipinski definition) is 0. The third-order valence-electron chi connectivity index (χ3n) is 4.10. The Hall–Kier alpha value is -1.24. The monoisotopic (exact) mass is 227 g/mol. The molecule has 0 fully saturated rings. The molecule has 2 aromatic rings. The molecule has 1 aromatic heterocycles. The first-order chi connectivity index (χ1) is 8.40. The van der Waals surface area contributed by atoms with Gasteiger partial charge in [-0.1, -0.05) is 38.0 Å². The molecule has 1 heterocycles. The van der Waals surface area contributed by atoms with Gasteiger partial charge in [0.1, 0.15) is 0 Å². The van der Waals surface area contributed by atoms with E-state index in [0.717, 1.165) is 5.92 Å².